The standard InChI is InChI=1S/C16H12IN3O/c17-14-7-3-1-5-11(14)9-19-20-16(21)13-10-18-15-8-4-2-6-12(13)15/h1-10,18H,(H,20,21)/b19-9+. The molecule has 0 unspecified atom stereocenters. The van der Waals surface area contributed by atoms with Crippen LogP contribution in [0.2, 0.25) is 0 Å². The molecule has 1 heterocycles. The lowest BCUT2D eigenvalue weighted by atomic mass is 10.2. The highest BCUT2D eigenvalue weighted by atomic mass is 127. The van der Waals surface area contributed by atoms with Crippen molar-refractivity contribution in [2.24, 2.45) is 5.10 Å². The third-order valence-corrected chi connectivity index (χ3v) is 4.09. The van der Waals surface area contributed by atoms with E-state index in [0.717, 1.165) is 20.0 Å². The topological polar surface area (TPSA) is 57.2 Å². The number of hydrogen-bond donors (Lipinski definition) is 2. The van der Waals surface area contributed by atoms with Crippen LogP contribution >= 0.6 is 22.6 Å². The number of nitrogens with zero attached hydrogens (tertiary/aromatic N) is 1. The minimum Gasteiger partial charge on any atom is -0.360 e. The van der Waals surface area contributed by atoms with Crippen LogP contribution < -0.4 is 5.43 Å². The molecule has 5 heteroatoms. The third kappa shape index (κ3) is 2.97. The zero-order valence-electron chi connectivity index (χ0n) is 11.0. The molecule has 0 radical (unpaired) electrons. The van der Waals surface area contributed by atoms with Crippen LogP contribution in [-0.2, 0) is 0 Å². The van der Waals surface area contributed by atoms with Crippen LogP contribution in [0.15, 0.2) is 59.8 Å². The maximum Gasteiger partial charge on any atom is 0.273 e. The van der Waals surface area contributed by atoms with Crippen molar-refractivity contribution in [3.8, 4) is 0 Å². The molecule has 2 N–H and O–H groups in total. The number of carbonyl (C=O) groups excluding carboxylic acids is 1. The van der Waals surface area contributed by atoms with Gasteiger partial charge < -0.3 is 4.98 Å². The van der Waals surface area contributed by atoms with Crippen molar-refractivity contribution in [1.29, 1.82) is 0 Å². The predicted molar refractivity (Wildman–Crippen MR) is 92.5 cm³/mol. The highest BCUT2D eigenvalue weighted by Gasteiger charge is 2.10. The van der Waals surface area contributed by atoms with E-state index in [0.29, 0.717) is 5.56 Å². The van der Waals surface area contributed by atoms with E-state index in [2.05, 4.69) is 38.1 Å². The quantitative estimate of drug-likeness (QED) is 0.402. The minimum atomic E-state index is -0.227. The van der Waals surface area contributed by atoms with Gasteiger partial charge in [0.15, 0.2) is 0 Å². The second-order valence-corrected chi connectivity index (χ2v) is 5.63. The van der Waals surface area contributed by atoms with E-state index in [9.17, 15) is 4.79 Å². The number of amides is 1. The van der Waals surface area contributed by atoms with E-state index in [1.165, 1.54) is 0 Å². The van der Waals surface area contributed by atoms with E-state index in [1.807, 2.05) is 48.5 Å². The zero-order chi connectivity index (χ0) is 14.7. The second-order valence-electron chi connectivity index (χ2n) is 4.47. The average molecular weight is 389 g/mol. The molecule has 0 spiro atoms. The molecule has 1 amide bonds. The first-order valence-electron chi connectivity index (χ1n) is 6.40. The van der Waals surface area contributed by atoms with Crippen molar-refractivity contribution in [1.82, 2.24) is 10.4 Å². The highest BCUT2D eigenvalue weighted by Crippen LogP contribution is 2.17. The van der Waals surface area contributed by atoms with E-state index in [-0.39, 0.29) is 5.91 Å². The van der Waals surface area contributed by atoms with Crippen molar-refractivity contribution in [2.75, 3.05) is 0 Å². The van der Waals surface area contributed by atoms with Gasteiger partial charge >= 0.3 is 0 Å². The van der Waals surface area contributed by atoms with Crippen LogP contribution in [0.25, 0.3) is 10.9 Å². The Morgan fingerprint density at radius 3 is 2.76 bits per heavy atom. The number of nitrogens with one attached hydrogen (secondary N) is 2. The fourth-order valence-electron chi connectivity index (χ4n) is 2.06. The predicted octanol–water partition coefficient (Wildman–Crippen LogP) is 3.54. The lowest BCUT2D eigenvalue weighted by Gasteiger charge is -1.99. The van der Waals surface area contributed by atoms with Crippen molar-refractivity contribution in [3.05, 3.63) is 69.4 Å². The lowest BCUT2D eigenvalue weighted by molar-refractivity contribution is 0.0957. The van der Waals surface area contributed by atoms with Crippen LogP contribution in [0.4, 0.5) is 0 Å². The van der Waals surface area contributed by atoms with E-state index in [1.54, 1.807) is 12.4 Å². The Morgan fingerprint density at radius 2 is 1.90 bits per heavy atom. The number of para-hydroxylation sites is 1. The van der Waals surface area contributed by atoms with Crippen LogP contribution in [-0.4, -0.2) is 17.1 Å². The molecular weight excluding hydrogens is 377 g/mol. The fraction of sp³-hybridized carbons (Fsp3) is 0. The molecule has 1 aromatic heterocycles. The van der Waals surface area contributed by atoms with Gasteiger partial charge in [0.1, 0.15) is 0 Å². The molecule has 3 aromatic rings. The summed E-state index contributed by atoms with van der Waals surface area (Å²) in [6, 6.07) is 15.5. The summed E-state index contributed by atoms with van der Waals surface area (Å²) in [5.74, 6) is -0.227. The number of halogens is 1. The number of carbonyl (C=O) groups is 1. The van der Waals surface area contributed by atoms with Gasteiger partial charge in [-0.3, -0.25) is 4.79 Å². The molecule has 0 aliphatic carbocycles. The van der Waals surface area contributed by atoms with Crippen LogP contribution in [0.3, 0.4) is 0 Å². The average Bonchev–Trinajstić information content (AvgIpc) is 2.93. The Bertz CT molecular complexity index is 823. The van der Waals surface area contributed by atoms with Gasteiger partial charge in [-0.2, -0.15) is 5.10 Å². The molecule has 0 bridgehead atoms. The number of hydrogen-bond acceptors (Lipinski definition) is 2. The molecule has 3 rings (SSSR count). The molecule has 21 heavy (non-hydrogen) atoms. The maximum absolute atomic E-state index is 12.1. The highest BCUT2D eigenvalue weighted by molar-refractivity contribution is 14.1. The van der Waals surface area contributed by atoms with Gasteiger partial charge in [-0.15, -0.1) is 0 Å². The van der Waals surface area contributed by atoms with Gasteiger partial charge in [-0.1, -0.05) is 36.4 Å². The SMILES string of the molecule is O=C(N/N=C/c1ccccc1I)c1c[nH]c2ccccc12. The van der Waals surface area contributed by atoms with Crippen molar-refractivity contribution in [3.63, 3.8) is 0 Å². The van der Waals surface area contributed by atoms with Crippen molar-refractivity contribution >= 4 is 45.6 Å². The summed E-state index contributed by atoms with van der Waals surface area (Å²) in [6.45, 7) is 0. The number of hydrazone groups is 1. The van der Waals surface area contributed by atoms with Gasteiger partial charge in [0.2, 0.25) is 0 Å². The summed E-state index contributed by atoms with van der Waals surface area (Å²) in [6.07, 6.45) is 3.34. The first kappa shape index (κ1) is 13.8. The number of rotatable bonds is 3. The Hall–Kier alpha value is -2.15. The molecule has 0 saturated carbocycles. The molecule has 0 atom stereocenters. The fourth-order valence-corrected chi connectivity index (χ4v) is 2.59. The minimum absolute atomic E-state index is 0.227. The second kappa shape index (κ2) is 6.09. The van der Waals surface area contributed by atoms with E-state index >= 15 is 0 Å². The molecule has 0 aliphatic heterocycles. The van der Waals surface area contributed by atoms with Crippen molar-refractivity contribution < 1.29 is 4.79 Å². The number of fused-ring (bicyclic) bond motifs is 1. The van der Waals surface area contributed by atoms with Crippen molar-refractivity contribution in [2.45, 2.75) is 0 Å². The summed E-state index contributed by atoms with van der Waals surface area (Å²) in [5, 5.41) is 4.91. The van der Waals surface area contributed by atoms with Gasteiger partial charge in [0.25, 0.3) is 5.91 Å². The Labute approximate surface area is 135 Å². The smallest absolute Gasteiger partial charge is 0.273 e. The Balaban J connectivity index is 1.77. The normalized spacial score (nSPS) is 11.1. The zero-order valence-corrected chi connectivity index (χ0v) is 13.2. The summed E-state index contributed by atoms with van der Waals surface area (Å²) < 4.78 is 1.08. The molecule has 0 aliphatic rings. The van der Waals surface area contributed by atoms with Crippen LogP contribution in [0, 0.1) is 3.57 Å². The Kier molecular flexibility index (Phi) is 4.01. The molecule has 0 saturated heterocycles. The maximum atomic E-state index is 12.1. The lowest BCUT2D eigenvalue weighted by Crippen LogP contribution is -2.17. The van der Waals surface area contributed by atoms with E-state index < -0.39 is 0 Å². The summed E-state index contributed by atoms with van der Waals surface area (Å²) in [7, 11) is 0. The third-order valence-electron chi connectivity index (χ3n) is 3.11. The number of aromatic amines is 1. The molecule has 104 valence electrons. The number of aromatic nitrogens is 1. The van der Waals surface area contributed by atoms with Gasteiger partial charge in [0, 0.05) is 26.2 Å². The summed E-state index contributed by atoms with van der Waals surface area (Å²) in [5.41, 5.74) is 5.05. The summed E-state index contributed by atoms with van der Waals surface area (Å²) in [4.78, 5) is 15.2. The van der Waals surface area contributed by atoms with E-state index in [4.69, 9.17) is 0 Å². The van der Waals surface area contributed by atoms with Gasteiger partial charge in [-0.25, -0.2) is 5.43 Å². The monoisotopic (exact) mass is 389 g/mol. The summed E-state index contributed by atoms with van der Waals surface area (Å²) >= 11 is 2.23. The van der Waals surface area contributed by atoms with Crippen LogP contribution in [0.5, 0.6) is 0 Å². The first-order valence-corrected chi connectivity index (χ1v) is 7.47. The van der Waals surface area contributed by atoms with Gasteiger partial charge in [-0.05, 0) is 34.7 Å². The molecule has 0 fully saturated rings. The van der Waals surface area contributed by atoms with Crippen LogP contribution in [0.1, 0.15) is 15.9 Å². The first-order chi connectivity index (χ1) is 10.3. The number of H-pyrrole nitrogens is 1. The largest absolute Gasteiger partial charge is 0.360 e. The molecule has 4 nitrogen and oxygen atoms in total. The molecular formula is C16H12IN3O. The number of benzene rings is 2. The van der Waals surface area contributed by atoms with Gasteiger partial charge in [0.05, 0.1) is 11.8 Å². The Morgan fingerprint density at radius 1 is 1.14 bits per heavy atom. The molecule has 2 aromatic carbocycles.